The second-order valence-electron chi connectivity index (χ2n) is 15.3. The van der Waals surface area contributed by atoms with E-state index in [4.69, 9.17) is 13.9 Å². The van der Waals surface area contributed by atoms with E-state index in [0.29, 0.717) is 43.9 Å². The van der Waals surface area contributed by atoms with Gasteiger partial charge in [0.15, 0.2) is 5.78 Å². The van der Waals surface area contributed by atoms with Gasteiger partial charge in [-0.05, 0) is 88.7 Å². The van der Waals surface area contributed by atoms with E-state index in [1.807, 2.05) is 13.8 Å². The summed E-state index contributed by atoms with van der Waals surface area (Å²) in [4.78, 5) is 47.1. The Kier molecular flexibility index (Phi) is 10.8. The third kappa shape index (κ3) is 7.62. The van der Waals surface area contributed by atoms with Crippen molar-refractivity contribution < 1.29 is 45.1 Å². The molecule has 1 atom stereocenters. The molecule has 3 aromatic rings. The predicted molar refractivity (Wildman–Crippen MR) is 200 cm³/mol. The minimum Gasteiger partial charge on any atom is -0.490 e. The number of likely N-dealkylation sites (N-methyl/N-ethyl adjacent to an activating group) is 1. The second kappa shape index (κ2) is 15.2. The summed E-state index contributed by atoms with van der Waals surface area (Å²) >= 11 is 0. The standard InChI is InChI=1S/C39H47F3N4O8S/c1-23-16-31(44-15-14-43(3)26(19-44)21-52-4)24(2)36-34(23)28-10-13-45(20-29(28)38(49)54-36)37(48)25-17-30(39(40,41)42)35(33(18-25)53-27-8-7-9-27)32(47)22-55(50,51)46-11-5-6-12-46/h16-18,26-27H,5-15,19-22H2,1-4H3/t26-/m1/s1. The first-order valence-corrected chi connectivity index (χ1v) is 20.4. The van der Waals surface area contributed by atoms with Crippen LogP contribution in [0, 0.1) is 13.8 Å². The molecule has 3 aliphatic heterocycles. The summed E-state index contributed by atoms with van der Waals surface area (Å²) in [5, 5.41) is 0.785. The lowest BCUT2D eigenvalue weighted by molar-refractivity contribution is -0.138. The lowest BCUT2D eigenvalue weighted by Gasteiger charge is -2.41. The molecule has 0 radical (unpaired) electrons. The Morgan fingerprint density at radius 1 is 0.982 bits per heavy atom. The minimum atomic E-state index is -5.12. The molecule has 1 aromatic heterocycles. The molecule has 4 aliphatic rings. The third-order valence-electron chi connectivity index (χ3n) is 11.6. The molecule has 7 rings (SSSR count). The van der Waals surface area contributed by atoms with Gasteiger partial charge in [-0.25, -0.2) is 17.5 Å². The molecule has 3 fully saturated rings. The van der Waals surface area contributed by atoms with Gasteiger partial charge >= 0.3 is 11.8 Å². The van der Waals surface area contributed by atoms with Crippen LogP contribution in [0.2, 0.25) is 0 Å². The molecule has 298 valence electrons. The van der Waals surface area contributed by atoms with E-state index < -0.39 is 62.2 Å². The van der Waals surface area contributed by atoms with Crippen molar-refractivity contribution in [3.05, 3.63) is 67.6 Å². The fraction of sp³-hybridized carbons (Fsp3) is 0.564. The lowest BCUT2D eigenvalue weighted by Crippen LogP contribution is -2.53. The number of anilines is 1. The zero-order valence-corrected chi connectivity index (χ0v) is 32.4. The van der Waals surface area contributed by atoms with E-state index in [1.54, 1.807) is 7.11 Å². The number of Topliss-reactive ketones (excluding diaryl/α,β-unsaturated/α-hetero) is 1. The molecule has 0 bridgehead atoms. The second-order valence-corrected chi connectivity index (χ2v) is 17.2. The number of nitrogens with zero attached hydrogens (tertiary/aromatic N) is 4. The Bertz CT molecular complexity index is 2180. The summed E-state index contributed by atoms with van der Waals surface area (Å²) in [5.74, 6) is -3.66. The highest BCUT2D eigenvalue weighted by molar-refractivity contribution is 7.89. The number of aryl methyl sites for hydroxylation is 2. The van der Waals surface area contributed by atoms with Gasteiger partial charge in [-0.2, -0.15) is 13.2 Å². The number of alkyl halides is 3. The van der Waals surface area contributed by atoms with Gasteiger partial charge in [0.25, 0.3) is 5.91 Å². The van der Waals surface area contributed by atoms with Gasteiger partial charge < -0.3 is 23.7 Å². The molecule has 55 heavy (non-hydrogen) atoms. The van der Waals surface area contributed by atoms with Crippen LogP contribution in [0.25, 0.3) is 11.0 Å². The molecule has 0 spiro atoms. The maximum absolute atomic E-state index is 14.8. The van der Waals surface area contributed by atoms with E-state index in [-0.39, 0.29) is 49.8 Å². The van der Waals surface area contributed by atoms with Gasteiger partial charge in [-0.3, -0.25) is 14.5 Å². The molecule has 4 heterocycles. The van der Waals surface area contributed by atoms with Crippen LogP contribution >= 0.6 is 0 Å². The van der Waals surface area contributed by atoms with Gasteiger partial charge in [0.05, 0.1) is 42.0 Å². The zero-order valence-electron chi connectivity index (χ0n) is 31.6. The molecule has 16 heteroatoms. The Morgan fingerprint density at radius 3 is 2.36 bits per heavy atom. The molecule has 0 N–H and O–H groups in total. The van der Waals surface area contributed by atoms with Gasteiger partial charge in [-0.15, -0.1) is 0 Å². The molecule has 12 nitrogen and oxygen atoms in total. The van der Waals surface area contributed by atoms with Crippen molar-refractivity contribution in [2.45, 2.75) is 77.2 Å². The van der Waals surface area contributed by atoms with Crippen LogP contribution in [-0.2, 0) is 33.9 Å². The largest absolute Gasteiger partial charge is 0.490 e. The number of carbonyl (C=O) groups is 2. The van der Waals surface area contributed by atoms with E-state index in [0.717, 1.165) is 64.2 Å². The summed E-state index contributed by atoms with van der Waals surface area (Å²) in [5.41, 5.74) is 0.806. The number of ether oxygens (including phenoxy) is 2. The van der Waals surface area contributed by atoms with Crippen molar-refractivity contribution in [1.82, 2.24) is 14.1 Å². The fourth-order valence-corrected chi connectivity index (χ4v) is 9.75. The van der Waals surface area contributed by atoms with Gasteiger partial charge in [0, 0.05) is 68.6 Å². The van der Waals surface area contributed by atoms with E-state index in [9.17, 15) is 36.0 Å². The van der Waals surface area contributed by atoms with Crippen LogP contribution in [0.15, 0.2) is 27.4 Å². The number of hydrogen-bond acceptors (Lipinski definition) is 10. The average molecular weight is 789 g/mol. The number of carbonyl (C=O) groups excluding carboxylic acids is 2. The molecular formula is C39H47F3N4O8S. The smallest absolute Gasteiger partial charge is 0.417 e. The first kappa shape index (κ1) is 39.3. The van der Waals surface area contributed by atoms with Crippen molar-refractivity contribution in [3.63, 3.8) is 0 Å². The van der Waals surface area contributed by atoms with Crippen molar-refractivity contribution in [2.75, 3.05) is 70.7 Å². The van der Waals surface area contributed by atoms with Gasteiger partial charge in [0.1, 0.15) is 17.1 Å². The van der Waals surface area contributed by atoms with Crippen LogP contribution < -0.4 is 15.3 Å². The van der Waals surface area contributed by atoms with Crippen LogP contribution in [-0.4, -0.2) is 112 Å². The van der Waals surface area contributed by atoms with Crippen LogP contribution in [0.3, 0.4) is 0 Å². The number of benzene rings is 2. The van der Waals surface area contributed by atoms with E-state index in [2.05, 4.69) is 22.9 Å². The Morgan fingerprint density at radius 2 is 1.71 bits per heavy atom. The Balaban J connectivity index is 1.21. The number of halogens is 3. The number of hydrogen-bond donors (Lipinski definition) is 0. The normalized spacial score (nSPS) is 20.2. The molecular weight excluding hydrogens is 742 g/mol. The van der Waals surface area contributed by atoms with E-state index in [1.165, 1.54) is 4.90 Å². The summed E-state index contributed by atoms with van der Waals surface area (Å²) in [7, 11) is -0.434. The Hall–Kier alpha value is -3.99. The van der Waals surface area contributed by atoms with Crippen molar-refractivity contribution in [3.8, 4) is 5.75 Å². The first-order chi connectivity index (χ1) is 26.1. The van der Waals surface area contributed by atoms with Crippen LogP contribution in [0.5, 0.6) is 5.75 Å². The van der Waals surface area contributed by atoms with Crippen molar-refractivity contribution in [1.29, 1.82) is 0 Å². The quantitative estimate of drug-likeness (QED) is 0.206. The number of methoxy groups -OCH3 is 1. The lowest BCUT2D eigenvalue weighted by atomic mass is 9.92. The number of piperazine rings is 1. The summed E-state index contributed by atoms with van der Waals surface area (Å²) in [6.07, 6.45) is -2.29. The summed E-state index contributed by atoms with van der Waals surface area (Å²) in [6, 6.07) is 3.98. The van der Waals surface area contributed by atoms with E-state index >= 15 is 0 Å². The number of fused-ring (bicyclic) bond motifs is 3. The highest BCUT2D eigenvalue weighted by atomic mass is 32.2. The molecule has 0 unspecified atom stereocenters. The van der Waals surface area contributed by atoms with Crippen molar-refractivity contribution >= 4 is 38.4 Å². The maximum atomic E-state index is 14.8. The maximum Gasteiger partial charge on any atom is 0.417 e. The molecule has 1 amide bonds. The zero-order chi connectivity index (χ0) is 39.4. The number of rotatable bonds is 10. The van der Waals surface area contributed by atoms with Gasteiger partial charge in [-0.1, -0.05) is 0 Å². The number of amides is 1. The monoisotopic (exact) mass is 788 g/mol. The van der Waals surface area contributed by atoms with Crippen molar-refractivity contribution in [2.24, 2.45) is 0 Å². The number of sulfonamides is 1. The summed E-state index contributed by atoms with van der Waals surface area (Å²) in [6.45, 7) is 7.11. The highest BCUT2D eigenvalue weighted by Gasteiger charge is 2.41. The van der Waals surface area contributed by atoms with Gasteiger partial charge in [0.2, 0.25) is 10.0 Å². The number of ketones is 1. The molecule has 2 aromatic carbocycles. The topological polar surface area (TPSA) is 130 Å². The first-order valence-electron chi connectivity index (χ1n) is 18.8. The summed E-state index contributed by atoms with van der Waals surface area (Å²) < 4.78 is 88.8. The minimum absolute atomic E-state index is 0.108. The SMILES string of the molecule is COC[C@H]1CN(c2cc(C)c3c4c(c(=O)oc3c2C)CN(C(=O)c2cc(OC3CCC3)c(C(=O)CS(=O)(=O)N3CCCC3)c(C(F)(F)F)c2)CC4)CCN1C. The molecule has 1 aliphatic carbocycles. The molecule has 2 saturated heterocycles. The predicted octanol–water partition coefficient (Wildman–Crippen LogP) is 4.93. The average Bonchev–Trinajstić information content (AvgIpc) is 3.68. The third-order valence-corrected chi connectivity index (χ3v) is 13.4. The highest BCUT2D eigenvalue weighted by Crippen LogP contribution is 2.41. The van der Waals surface area contributed by atoms with Crippen LogP contribution in [0.1, 0.15) is 80.6 Å². The fourth-order valence-electron chi connectivity index (χ4n) is 8.28. The Labute approximate surface area is 318 Å². The molecule has 1 saturated carbocycles. The van der Waals surface area contributed by atoms with Crippen LogP contribution in [0.4, 0.5) is 18.9 Å².